The van der Waals surface area contributed by atoms with Crippen LogP contribution in [0.4, 0.5) is 0 Å². The second kappa shape index (κ2) is 6.05. The van der Waals surface area contributed by atoms with E-state index >= 15 is 0 Å². The first-order valence-electron chi connectivity index (χ1n) is 8.04. The van der Waals surface area contributed by atoms with E-state index in [1.807, 2.05) is 0 Å². The minimum absolute atomic E-state index is 0.0295. The maximum Gasteiger partial charge on any atom is 0.0152 e. The lowest BCUT2D eigenvalue weighted by atomic mass is 9.71. The van der Waals surface area contributed by atoms with Crippen LogP contribution in [0.15, 0.2) is 48.5 Å². The van der Waals surface area contributed by atoms with E-state index in [2.05, 4.69) is 90.1 Å². The first-order chi connectivity index (χ1) is 9.85. The number of benzene rings is 2. The molecule has 0 aliphatic carbocycles. The quantitative estimate of drug-likeness (QED) is 0.620. The van der Waals surface area contributed by atoms with Crippen LogP contribution in [0.25, 0.3) is 0 Å². The number of hydrogen-bond donors (Lipinski definition) is 0. The molecule has 0 nitrogen and oxygen atoms in total. The molecular formula is C21H28. The smallest absolute Gasteiger partial charge is 0.0152 e. The van der Waals surface area contributed by atoms with E-state index in [0.29, 0.717) is 11.8 Å². The van der Waals surface area contributed by atoms with Gasteiger partial charge in [0.2, 0.25) is 0 Å². The van der Waals surface area contributed by atoms with Crippen molar-refractivity contribution in [1.29, 1.82) is 0 Å². The van der Waals surface area contributed by atoms with Crippen molar-refractivity contribution in [2.75, 3.05) is 0 Å². The Morgan fingerprint density at radius 2 is 0.952 bits per heavy atom. The Bertz CT molecular complexity index is 549. The minimum Gasteiger partial charge on any atom is -0.0620 e. The van der Waals surface area contributed by atoms with Crippen LogP contribution >= 0.6 is 0 Å². The average Bonchev–Trinajstić information content (AvgIpc) is 2.47. The van der Waals surface area contributed by atoms with E-state index in [-0.39, 0.29) is 5.41 Å². The molecule has 0 heterocycles. The lowest BCUT2D eigenvalue weighted by Crippen LogP contribution is -2.23. The van der Waals surface area contributed by atoms with Crippen LogP contribution in [-0.4, -0.2) is 0 Å². The average molecular weight is 280 g/mol. The lowest BCUT2D eigenvalue weighted by molar-refractivity contribution is 0.609. The van der Waals surface area contributed by atoms with E-state index < -0.39 is 0 Å². The molecule has 0 N–H and O–H groups in total. The zero-order chi connectivity index (χ0) is 15.6. The third-order valence-electron chi connectivity index (χ3n) is 4.51. The van der Waals surface area contributed by atoms with E-state index in [9.17, 15) is 0 Å². The Kier molecular flexibility index (Phi) is 4.56. The molecule has 0 heteroatoms. The van der Waals surface area contributed by atoms with E-state index in [4.69, 9.17) is 0 Å². The van der Waals surface area contributed by atoms with Crippen LogP contribution in [0.2, 0.25) is 0 Å². The summed E-state index contributed by atoms with van der Waals surface area (Å²) in [6.45, 7) is 13.8. The maximum atomic E-state index is 2.36. The van der Waals surface area contributed by atoms with Crippen molar-refractivity contribution in [2.24, 2.45) is 0 Å². The third-order valence-corrected chi connectivity index (χ3v) is 4.51. The molecule has 0 aliphatic heterocycles. The van der Waals surface area contributed by atoms with Gasteiger partial charge in [-0.3, -0.25) is 0 Å². The normalized spacial score (nSPS) is 12.2. The summed E-state index contributed by atoms with van der Waals surface area (Å²) < 4.78 is 0. The standard InChI is InChI=1S/C21H28/c1-15(2)17-11-7-9-13-19(17)21(5,6)20-14-10-8-12-18(20)16(3)4/h7-16H,1-6H3. The Morgan fingerprint density at radius 1 is 0.619 bits per heavy atom. The van der Waals surface area contributed by atoms with Gasteiger partial charge in [0.25, 0.3) is 0 Å². The third kappa shape index (κ3) is 3.05. The summed E-state index contributed by atoms with van der Waals surface area (Å²) in [5.41, 5.74) is 5.85. The van der Waals surface area contributed by atoms with Gasteiger partial charge in [-0.1, -0.05) is 90.1 Å². The van der Waals surface area contributed by atoms with E-state index in [1.165, 1.54) is 22.3 Å². The highest BCUT2D eigenvalue weighted by atomic mass is 14.3. The molecule has 2 aromatic rings. The molecule has 112 valence electrons. The highest BCUT2D eigenvalue weighted by Crippen LogP contribution is 2.39. The summed E-state index contributed by atoms with van der Waals surface area (Å²) in [7, 11) is 0. The first-order valence-corrected chi connectivity index (χ1v) is 8.04. The van der Waals surface area contributed by atoms with Gasteiger partial charge in [-0.2, -0.15) is 0 Å². The van der Waals surface area contributed by atoms with Gasteiger partial charge < -0.3 is 0 Å². The molecule has 2 aromatic carbocycles. The van der Waals surface area contributed by atoms with Crippen LogP contribution in [0, 0.1) is 0 Å². The Balaban J connectivity index is 2.63. The van der Waals surface area contributed by atoms with Gasteiger partial charge in [-0.25, -0.2) is 0 Å². The predicted octanol–water partition coefficient (Wildman–Crippen LogP) is 6.26. The second-order valence-corrected chi connectivity index (χ2v) is 7.11. The molecule has 2 rings (SSSR count). The van der Waals surface area contributed by atoms with Crippen LogP contribution in [0.5, 0.6) is 0 Å². The zero-order valence-electron chi connectivity index (χ0n) is 14.3. The van der Waals surface area contributed by atoms with Gasteiger partial charge >= 0.3 is 0 Å². The Labute approximate surface area is 130 Å². The van der Waals surface area contributed by atoms with Crippen LogP contribution < -0.4 is 0 Å². The lowest BCUT2D eigenvalue weighted by Gasteiger charge is -2.32. The largest absolute Gasteiger partial charge is 0.0620 e. The first kappa shape index (κ1) is 15.8. The SMILES string of the molecule is CC(C)c1ccccc1C(C)(C)c1ccccc1C(C)C. The maximum absolute atomic E-state index is 2.36. The van der Waals surface area contributed by atoms with Crippen molar-refractivity contribution >= 4 is 0 Å². The van der Waals surface area contributed by atoms with E-state index in [0.717, 1.165) is 0 Å². The van der Waals surface area contributed by atoms with Crippen LogP contribution in [0.1, 0.15) is 75.6 Å². The molecule has 0 spiro atoms. The Morgan fingerprint density at radius 3 is 1.29 bits per heavy atom. The molecule has 0 aromatic heterocycles. The van der Waals surface area contributed by atoms with Crippen molar-refractivity contribution in [3.63, 3.8) is 0 Å². The molecular weight excluding hydrogens is 252 g/mol. The predicted molar refractivity (Wildman–Crippen MR) is 93.2 cm³/mol. The molecule has 0 bridgehead atoms. The fourth-order valence-corrected chi connectivity index (χ4v) is 3.28. The molecule has 0 atom stereocenters. The topological polar surface area (TPSA) is 0 Å². The van der Waals surface area contributed by atoms with Crippen molar-refractivity contribution in [3.8, 4) is 0 Å². The van der Waals surface area contributed by atoms with Crippen molar-refractivity contribution in [2.45, 2.75) is 58.8 Å². The summed E-state index contributed by atoms with van der Waals surface area (Å²) in [6.07, 6.45) is 0. The van der Waals surface area contributed by atoms with Crippen molar-refractivity contribution in [1.82, 2.24) is 0 Å². The molecule has 0 radical (unpaired) electrons. The highest BCUT2D eigenvalue weighted by Gasteiger charge is 2.28. The monoisotopic (exact) mass is 280 g/mol. The molecule has 0 amide bonds. The fraction of sp³-hybridized carbons (Fsp3) is 0.429. The number of rotatable bonds is 4. The molecule has 0 fully saturated rings. The van der Waals surface area contributed by atoms with Crippen LogP contribution in [-0.2, 0) is 5.41 Å². The summed E-state index contributed by atoms with van der Waals surface area (Å²) in [5, 5.41) is 0. The minimum atomic E-state index is 0.0295. The summed E-state index contributed by atoms with van der Waals surface area (Å²) >= 11 is 0. The highest BCUT2D eigenvalue weighted by molar-refractivity contribution is 5.47. The van der Waals surface area contributed by atoms with Crippen molar-refractivity contribution < 1.29 is 0 Å². The Hall–Kier alpha value is -1.56. The fourth-order valence-electron chi connectivity index (χ4n) is 3.28. The van der Waals surface area contributed by atoms with Gasteiger partial charge in [0.05, 0.1) is 0 Å². The van der Waals surface area contributed by atoms with Gasteiger partial charge in [0.15, 0.2) is 0 Å². The van der Waals surface area contributed by atoms with Crippen molar-refractivity contribution in [3.05, 3.63) is 70.8 Å². The second-order valence-electron chi connectivity index (χ2n) is 7.11. The van der Waals surface area contributed by atoms with Gasteiger partial charge in [-0.05, 0) is 34.1 Å². The summed E-state index contributed by atoms with van der Waals surface area (Å²) in [4.78, 5) is 0. The molecule has 0 saturated carbocycles. The molecule has 0 unspecified atom stereocenters. The zero-order valence-corrected chi connectivity index (χ0v) is 14.3. The number of hydrogen-bond acceptors (Lipinski definition) is 0. The van der Waals surface area contributed by atoms with Crippen LogP contribution in [0.3, 0.4) is 0 Å². The van der Waals surface area contributed by atoms with Gasteiger partial charge in [0.1, 0.15) is 0 Å². The molecule has 0 aliphatic rings. The van der Waals surface area contributed by atoms with E-state index in [1.54, 1.807) is 0 Å². The van der Waals surface area contributed by atoms with Gasteiger partial charge in [0, 0.05) is 5.41 Å². The van der Waals surface area contributed by atoms with Gasteiger partial charge in [-0.15, -0.1) is 0 Å². The molecule has 0 saturated heterocycles. The summed E-state index contributed by atoms with van der Waals surface area (Å²) in [5.74, 6) is 1.10. The molecule has 21 heavy (non-hydrogen) atoms. The summed E-state index contributed by atoms with van der Waals surface area (Å²) in [6, 6.07) is 17.8.